The van der Waals surface area contributed by atoms with E-state index in [1.54, 1.807) is 51.1 Å². The molecule has 0 saturated carbocycles. The Kier molecular flexibility index (Phi) is 7.93. The molecule has 0 aliphatic carbocycles. The molecule has 1 saturated heterocycles. The quantitative estimate of drug-likeness (QED) is 0.403. The van der Waals surface area contributed by atoms with Crippen molar-refractivity contribution in [2.75, 3.05) is 20.2 Å². The summed E-state index contributed by atoms with van der Waals surface area (Å²) in [6.07, 6.45) is -1.30. The van der Waals surface area contributed by atoms with E-state index >= 15 is 0 Å². The topological polar surface area (TPSA) is 116 Å². The third kappa shape index (κ3) is 5.16. The average Bonchev–Trinajstić information content (AvgIpc) is 2.84. The molecule has 36 heavy (non-hydrogen) atoms. The van der Waals surface area contributed by atoms with E-state index in [2.05, 4.69) is 11.9 Å². The molecule has 192 valence electrons. The number of nitrogens with zero attached hydrogens (tertiary/aromatic N) is 1. The first-order valence-electron chi connectivity index (χ1n) is 11.4. The molecule has 0 aromatic heterocycles. The Morgan fingerprint density at radius 3 is 2.33 bits per heavy atom. The molecule has 3 N–H and O–H groups in total. The van der Waals surface area contributed by atoms with E-state index in [0.717, 1.165) is 0 Å². The van der Waals surface area contributed by atoms with E-state index in [4.69, 9.17) is 16.3 Å². The standard InChI is InChI=1S/C27H31ClN2O6/c1-16(2)22(29-23(32)17-7-6-8-18(13-17)25(34)36-5)24(33)30-14-21(31)27(35,26(3,4)15-30)19-9-11-20(28)12-10-19/h6-13,21-22,31,35H,1,14-15H2,2-5H3,(H,29,32)/t21-,22-,27-/m1/s1. The third-order valence-electron chi connectivity index (χ3n) is 6.65. The minimum atomic E-state index is -1.63. The predicted octanol–water partition coefficient (Wildman–Crippen LogP) is 2.92. The van der Waals surface area contributed by atoms with E-state index in [0.29, 0.717) is 16.2 Å². The maximum absolute atomic E-state index is 13.5. The average molecular weight is 515 g/mol. The van der Waals surface area contributed by atoms with Crippen LogP contribution in [0.4, 0.5) is 0 Å². The largest absolute Gasteiger partial charge is 0.465 e. The van der Waals surface area contributed by atoms with Gasteiger partial charge in [-0.2, -0.15) is 0 Å². The number of carbonyl (C=O) groups is 3. The summed E-state index contributed by atoms with van der Waals surface area (Å²) in [4.78, 5) is 39.7. The first-order chi connectivity index (χ1) is 16.8. The Morgan fingerprint density at radius 2 is 1.78 bits per heavy atom. The highest BCUT2D eigenvalue weighted by Crippen LogP contribution is 2.46. The summed E-state index contributed by atoms with van der Waals surface area (Å²) in [6.45, 7) is 8.95. The van der Waals surface area contributed by atoms with Crippen LogP contribution in [0.3, 0.4) is 0 Å². The van der Waals surface area contributed by atoms with E-state index < -0.39 is 40.9 Å². The highest BCUT2D eigenvalue weighted by molar-refractivity contribution is 6.30. The number of aliphatic hydroxyl groups excluding tert-OH is 1. The number of β-amino-alcohol motifs (C(OH)–C–C–N with tert-alkyl or cyclic N) is 1. The maximum atomic E-state index is 13.5. The molecule has 8 nitrogen and oxygen atoms in total. The lowest BCUT2D eigenvalue weighted by atomic mass is 9.65. The molecular weight excluding hydrogens is 484 g/mol. The number of likely N-dealkylation sites (tertiary alicyclic amines) is 1. The molecule has 9 heteroatoms. The van der Waals surface area contributed by atoms with Crippen molar-refractivity contribution in [2.45, 2.75) is 38.5 Å². The monoisotopic (exact) mass is 514 g/mol. The van der Waals surface area contributed by atoms with Crippen LogP contribution < -0.4 is 5.32 Å². The Bertz CT molecular complexity index is 1180. The number of piperidine rings is 1. The molecule has 0 radical (unpaired) electrons. The molecular formula is C27H31ClN2O6. The summed E-state index contributed by atoms with van der Waals surface area (Å²) in [7, 11) is 1.24. The van der Waals surface area contributed by atoms with Crippen LogP contribution in [-0.2, 0) is 15.1 Å². The molecule has 2 aromatic rings. The van der Waals surface area contributed by atoms with E-state index in [1.807, 2.05) is 0 Å². The second-order valence-electron chi connectivity index (χ2n) is 9.72. The fraction of sp³-hybridized carbons (Fsp3) is 0.370. The van der Waals surface area contributed by atoms with E-state index in [1.165, 1.54) is 30.2 Å². The Balaban J connectivity index is 1.83. The molecule has 0 spiro atoms. The van der Waals surface area contributed by atoms with Gasteiger partial charge in [0.1, 0.15) is 17.7 Å². The number of halogens is 1. The number of benzene rings is 2. The van der Waals surface area contributed by atoms with Crippen molar-refractivity contribution in [3.8, 4) is 0 Å². The summed E-state index contributed by atoms with van der Waals surface area (Å²) in [5.41, 5.74) is -1.33. The van der Waals surface area contributed by atoms with Gasteiger partial charge in [-0.05, 0) is 48.4 Å². The number of rotatable bonds is 6. The number of carbonyl (C=O) groups excluding carboxylic acids is 3. The number of hydrogen-bond donors (Lipinski definition) is 3. The zero-order chi connectivity index (χ0) is 26.8. The summed E-state index contributed by atoms with van der Waals surface area (Å²) in [5, 5.41) is 25.8. The van der Waals surface area contributed by atoms with Crippen LogP contribution in [0.5, 0.6) is 0 Å². The van der Waals surface area contributed by atoms with Crippen LogP contribution in [-0.4, -0.2) is 65.2 Å². The van der Waals surface area contributed by atoms with Gasteiger partial charge in [-0.3, -0.25) is 9.59 Å². The number of ether oxygens (including phenoxy) is 1. The molecule has 0 bridgehead atoms. The lowest BCUT2D eigenvalue weighted by Gasteiger charge is -2.53. The summed E-state index contributed by atoms with van der Waals surface area (Å²) in [6, 6.07) is 11.5. The smallest absolute Gasteiger partial charge is 0.337 e. The minimum absolute atomic E-state index is 0.111. The molecule has 1 aliphatic heterocycles. The fourth-order valence-electron chi connectivity index (χ4n) is 4.61. The normalized spacial score (nSPS) is 21.9. The Labute approximate surface area is 215 Å². The predicted molar refractivity (Wildman–Crippen MR) is 136 cm³/mol. The molecule has 3 rings (SSSR count). The fourth-order valence-corrected chi connectivity index (χ4v) is 4.73. The second-order valence-corrected chi connectivity index (χ2v) is 10.2. The van der Waals surface area contributed by atoms with Crippen LogP contribution >= 0.6 is 11.6 Å². The highest BCUT2D eigenvalue weighted by Gasteiger charge is 2.55. The van der Waals surface area contributed by atoms with Gasteiger partial charge in [0.15, 0.2) is 0 Å². The van der Waals surface area contributed by atoms with Crippen molar-refractivity contribution in [2.24, 2.45) is 5.41 Å². The zero-order valence-corrected chi connectivity index (χ0v) is 21.5. The molecule has 3 atom stereocenters. The van der Waals surface area contributed by atoms with Gasteiger partial charge >= 0.3 is 5.97 Å². The molecule has 1 heterocycles. The number of methoxy groups -OCH3 is 1. The minimum Gasteiger partial charge on any atom is -0.465 e. The number of aliphatic hydroxyl groups is 2. The third-order valence-corrected chi connectivity index (χ3v) is 6.90. The van der Waals surface area contributed by atoms with Gasteiger partial charge in [-0.25, -0.2) is 4.79 Å². The van der Waals surface area contributed by atoms with Gasteiger partial charge in [-0.1, -0.05) is 50.2 Å². The van der Waals surface area contributed by atoms with Crippen molar-refractivity contribution < 1.29 is 29.3 Å². The lowest BCUT2D eigenvalue weighted by Crippen LogP contribution is -2.66. The number of nitrogens with one attached hydrogen (secondary N) is 1. The van der Waals surface area contributed by atoms with Crippen LogP contribution in [0.15, 0.2) is 60.7 Å². The van der Waals surface area contributed by atoms with Gasteiger partial charge in [-0.15, -0.1) is 0 Å². The second kappa shape index (κ2) is 10.4. The zero-order valence-electron chi connectivity index (χ0n) is 20.7. The van der Waals surface area contributed by atoms with E-state index in [9.17, 15) is 24.6 Å². The first-order valence-corrected chi connectivity index (χ1v) is 11.8. The Hall–Kier alpha value is -3.20. The van der Waals surface area contributed by atoms with E-state index in [-0.39, 0.29) is 24.2 Å². The van der Waals surface area contributed by atoms with Gasteiger partial charge in [0, 0.05) is 29.1 Å². The van der Waals surface area contributed by atoms with Crippen LogP contribution in [0.25, 0.3) is 0 Å². The number of hydrogen-bond acceptors (Lipinski definition) is 6. The van der Waals surface area contributed by atoms with Crippen LogP contribution in [0.2, 0.25) is 5.02 Å². The maximum Gasteiger partial charge on any atom is 0.337 e. The van der Waals surface area contributed by atoms with Crippen molar-refractivity contribution in [3.05, 3.63) is 82.4 Å². The highest BCUT2D eigenvalue weighted by atomic mass is 35.5. The number of amides is 2. The molecule has 2 amide bonds. The van der Waals surface area contributed by atoms with Crippen molar-refractivity contribution in [1.82, 2.24) is 10.2 Å². The molecule has 1 aliphatic rings. The van der Waals surface area contributed by atoms with Gasteiger partial charge in [0.05, 0.1) is 12.7 Å². The van der Waals surface area contributed by atoms with Crippen LogP contribution in [0, 0.1) is 5.41 Å². The Morgan fingerprint density at radius 1 is 1.17 bits per heavy atom. The summed E-state index contributed by atoms with van der Waals surface area (Å²) >= 11 is 5.99. The first kappa shape index (κ1) is 27.4. The van der Waals surface area contributed by atoms with Gasteiger partial charge in [0.2, 0.25) is 5.91 Å². The van der Waals surface area contributed by atoms with Crippen molar-refractivity contribution in [3.63, 3.8) is 0 Å². The number of esters is 1. The van der Waals surface area contributed by atoms with Crippen LogP contribution in [0.1, 0.15) is 47.1 Å². The van der Waals surface area contributed by atoms with Crippen molar-refractivity contribution in [1.29, 1.82) is 0 Å². The molecule has 2 aromatic carbocycles. The van der Waals surface area contributed by atoms with Gasteiger partial charge < -0.3 is 25.2 Å². The lowest BCUT2D eigenvalue weighted by molar-refractivity contribution is -0.199. The SMILES string of the molecule is C=C(C)[C@@H](NC(=O)c1cccc(C(=O)OC)c1)C(=O)N1C[C@@H](O)[C@](O)(c2ccc(Cl)cc2)C(C)(C)C1. The summed E-state index contributed by atoms with van der Waals surface area (Å²) in [5.74, 6) is -1.63. The van der Waals surface area contributed by atoms with Gasteiger partial charge in [0.25, 0.3) is 5.91 Å². The molecule has 1 fully saturated rings. The summed E-state index contributed by atoms with van der Waals surface area (Å²) < 4.78 is 4.70. The van der Waals surface area contributed by atoms with Crippen molar-refractivity contribution >= 4 is 29.4 Å². The molecule has 0 unspecified atom stereocenters.